The molecular weight excluding hydrogens is 478 g/mol. The number of carbonyl (C=O) groups excluding carboxylic acids is 1. The molecule has 1 N–H and O–H groups in total. The third kappa shape index (κ3) is 4.77. The maximum absolute atomic E-state index is 13.0. The molecule has 10 heteroatoms. The second-order valence-corrected chi connectivity index (χ2v) is 10.6. The smallest absolute Gasteiger partial charge is 0.274 e. The minimum atomic E-state index is -3.54. The Balaban J connectivity index is 1.36. The van der Waals surface area contributed by atoms with Crippen LogP contribution in [0.15, 0.2) is 82.7 Å². The van der Waals surface area contributed by atoms with Gasteiger partial charge in [-0.25, -0.2) is 13.1 Å². The molecule has 0 unspecified atom stereocenters. The van der Waals surface area contributed by atoms with Gasteiger partial charge in [-0.2, -0.15) is 9.40 Å². The van der Waals surface area contributed by atoms with Crippen LogP contribution in [0.4, 0.5) is 0 Å². The Morgan fingerprint density at radius 1 is 0.944 bits per heavy atom. The van der Waals surface area contributed by atoms with Crippen LogP contribution < -0.4 is 10.9 Å². The lowest BCUT2D eigenvalue weighted by Crippen LogP contribution is -2.29. The topological polar surface area (TPSA) is 114 Å². The lowest BCUT2D eigenvalue weighted by molar-refractivity contribution is 0.0950. The number of hydrogen-bond donors (Lipinski definition) is 1. The molecule has 1 amide bonds. The molecule has 0 spiro atoms. The molecule has 0 atom stereocenters. The van der Waals surface area contributed by atoms with E-state index in [1.807, 2.05) is 12.1 Å². The second-order valence-electron chi connectivity index (χ2n) is 8.63. The molecule has 0 bridgehead atoms. The van der Waals surface area contributed by atoms with Crippen molar-refractivity contribution in [3.05, 3.63) is 100 Å². The van der Waals surface area contributed by atoms with Gasteiger partial charge in [-0.05, 0) is 54.8 Å². The summed E-state index contributed by atoms with van der Waals surface area (Å²) in [6, 6.07) is 16.8. The van der Waals surface area contributed by atoms with Crippen molar-refractivity contribution in [1.29, 1.82) is 0 Å². The number of pyridine rings is 1. The van der Waals surface area contributed by atoms with Gasteiger partial charge in [0.2, 0.25) is 10.0 Å². The zero-order valence-corrected chi connectivity index (χ0v) is 20.3. The van der Waals surface area contributed by atoms with Gasteiger partial charge in [0.1, 0.15) is 0 Å². The molecule has 9 nitrogen and oxygen atoms in total. The van der Waals surface area contributed by atoms with Crippen LogP contribution in [0.3, 0.4) is 0 Å². The van der Waals surface area contributed by atoms with Gasteiger partial charge in [-0.1, -0.05) is 24.3 Å². The third-order valence-corrected chi connectivity index (χ3v) is 8.15. The van der Waals surface area contributed by atoms with E-state index < -0.39 is 10.0 Å². The number of aromatic nitrogens is 3. The lowest BCUT2D eigenvalue weighted by atomic mass is 10.1. The Labute approximate surface area is 208 Å². The number of benzene rings is 2. The summed E-state index contributed by atoms with van der Waals surface area (Å²) in [4.78, 5) is 30.1. The van der Waals surface area contributed by atoms with Crippen LogP contribution in [0.2, 0.25) is 0 Å². The summed E-state index contributed by atoms with van der Waals surface area (Å²) in [5, 5.41) is 8.55. The zero-order valence-electron chi connectivity index (χ0n) is 19.5. The molecule has 184 valence electrons. The van der Waals surface area contributed by atoms with Gasteiger partial charge < -0.3 is 5.32 Å². The minimum Gasteiger partial charge on any atom is -0.346 e. The van der Waals surface area contributed by atoms with Crippen molar-refractivity contribution in [3.63, 3.8) is 0 Å². The van der Waals surface area contributed by atoms with Gasteiger partial charge >= 0.3 is 0 Å². The fourth-order valence-electron chi connectivity index (χ4n) is 4.33. The Bertz CT molecular complexity index is 1560. The molecule has 1 aliphatic rings. The molecule has 1 saturated heterocycles. The highest BCUT2D eigenvalue weighted by Gasteiger charge is 2.27. The molecule has 5 rings (SSSR count). The van der Waals surface area contributed by atoms with E-state index in [1.54, 1.807) is 36.7 Å². The van der Waals surface area contributed by atoms with E-state index >= 15 is 0 Å². The molecule has 4 aromatic rings. The number of nitrogens with one attached hydrogen (secondary N) is 1. The lowest BCUT2D eigenvalue weighted by Gasteiger charge is -2.15. The maximum atomic E-state index is 13.0. The van der Waals surface area contributed by atoms with Gasteiger partial charge in [-0.15, -0.1) is 0 Å². The standard InChI is InChI=1S/C26H25N5O4S/c32-25(20-9-11-21(12-10-20)36(34,35)30-14-3-4-15-30)28-17-24-22-7-1-2-8-23(22)26(33)31(29-24)18-19-6-5-13-27-16-19/h1-2,5-13,16H,3-4,14-15,17-18H2,(H,28,32). The number of carbonyl (C=O) groups is 1. The molecular formula is C26H25N5O4S. The molecule has 2 aromatic heterocycles. The first kappa shape index (κ1) is 23.8. The van der Waals surface area contributed by atoms with Gasteiger partial charge in [-0.3, -0.25) is 14.6 Å². The van der Waals surface area contributed by atoms with E-state index in [-0.39, 0.29) is 29.5 Å². The number of rotatable bonds is 7. The van der Waals surface area contributed by atoms with E-state index in [0.29, 0.717) is 35.1 Å². The SMILES string of the molecule is O=C(NCc1nn(Cc2cccnc2)c(=O)c2ccccc12)c1ccc(S(=O)(=O)N2CCCC2)cc1. The second kappa shape index (κ2) is 10.00. The third-order valence-electron chi connectivity index (χ3n) is 6.24. The quantitative estimate of drug-likeness (QED) is 0.415. The van der Waals surface area contributed by atoms with Crippen molar-refractivity contribution in [2.24, 2.45) is 0 Å². The molecule has 0 aliphatic carbocycles. The highest BCUT2D eigenvalue weighted by molar-refractivity contribution is 7.89. The first-order valence-electron chi connectivity index (χ1n) is 11.7. The van der Waals surface area contributed by atoms with Crippen LogP contribution in [-0.4, -0.2) is 46.5 Å². The van der Waals surface area contributed by atoms with Crippen LogP contribution in [0.5, 0.6) is 0 Å². The normalized spacial score (nSPS) is 14.2. The Hall–Kier alpha value is -3.89. The largest absolute Gasteiger partial charge is 0.346 e. The van der Waals surface area contributed by atoms with E-state index in [0.717, 1.165) is 18.4 Å². The van der Waals surface area contributed by atoms with E-state index in [9.17, 15) is 18.0 Å². The average Bonchev–Trinajstić information content (AvgIpc) is 3.46. The fourth-order valence-corrected chi connectivity index (χ4v) is 5.85. The first-order valence-corrected chi connectivity index (χ1v) is 13.1. The van der Waals surface area contributed by atoms with Gasteiger partial charge in [0.15, 0.2) is 0 Å². The van der Waals surface area contributed by atoms with Crippen molar-refractivity contribution >= 4 is 26.7 Å². The number of nitrogens with zero attached hydrogens (tertiary/aromatic N) is 4. The maximum Gasteiger partial charge on any atom is 0.274 e. The summed E-state index contributed by atoms with van der Waals surface area (Å²) in [7, 11) is -3.54. The summed E-state index contributed by atoms with van der Waals surface area (Å²) in [6.07, 6.45) is 5.06. The van der Waals surface area contributed by atoms with Crippen LogP contribution in [0.1, 0.15) is 34.5 Å². The number of fused-ring (bicyclic) bond motifs is 1. The van der Waals surface area contributed by atoms with Gasteiger partial charge in [0.25, 0.3) is 11.5 Å². The number of hydrogen-bond acceptors (Lipinski definition) is 6. The molecule has 2 aromatic carbocycles. The summed E-state index contributed by atoms with van der Waals surface area (Å²) in [5.41, 5.74) is 1.50. The van der Waals surface area contributed by atoms with E-state index in [1.165, 1.54) is 33.3 Å². The van der Waals surface area contributed by atoms with Crippen LogP contribution in [0, 0.1) is 0 Å². The Morgan fingerprint density at radius 3 is 2.36 bits per heavy atom. The Kier molecular flexibility index (Phi) is 6.62. The molecule has 36 heavy (non-hydrogen) atoms. The monoisotopic (exact) mass is 503 g/mol. The zero-order chi connectivity index (χ0) is 25.1. The Morgan fingerprint density at radius 2 is 1.67 bits per heavy atom. The molecule has 0 saturated carbocycles. The molecule has 0 radical (unpaired) electrons. The van der Waals surface area contributed by atoms with Crippen LogP contribution in [0.25, 0.3) is 10.8 Å². The highest BCUT2D eigenvalue weighted by Crippen LogP contribution is 2.21. The predicted octanol–water partition coefficient (Wildman–Crippen LogP) is 2.55. The fraction of sp³-hybridized carbons (Fsp3) is 0.231. The summed E-state index contributed by atoms with van der Waals surface area (Å²) < 4.78 is 28.3. The summed E-state index contributed by atoms with van der Waals surface area (Å²) in [5.74, 6) is -0.365. The van der Waals surface area contributed by atoms with Crippen LogP contribution in [-0.2, 0) is 23.1 Å². The van der Waals surface area contributed by atoms with E-state index in [2.05, 4.69) is 15.4 Å². The van der Waals surface area contributed by atoms with Crippen molar-refractivity contribution in [3.8, 4) is 0 Å². The molecule has 1 aliphatic heterocycles. The minimum absolute atomic E-state index is 0.0977. The summed E-state index contributed by atoms with van der Waals surface area (Å²) >= 11 is 0. The summed E-state index contributed by atoms with van der Waals surface area (Å²) in [6.45, 7) is 1.40. The highest BCUT2D eigenvalue weighted by atomic mass is 32.2. The van der Waals surface area contributed by atoms with Gasteiger partial charge in [0, 0.05) is 36.4 Å². The first-order chi connectivity index (χ1) is 17.4. The predicted molar refractivity (Wildman–Crippen MR) is 135 cm³/mol. The van der Waals surface area contributed by atoms with Gasteiger partial charge in [0.05, 0.1) is 29.1 Å². The van der Waals surface area contributed by atoms with Crippen LogP contribution >= 0.6 is 0 Å². The van der Waals surface area contributed by atoms with Crippen molar-refractivity contribution in [2.45, 2.75) is 30.8 Å². The number of amides is 1. The van der Waals surface area contributed by atoms with Crippen molar-refractivity contribution < 1.29 is 13.2 Å². The van der Waals surface area contributed by atoms with Crippen molar-refractivity contribution in [1.82, 2.24) is 24.4 Å². The number of sulfonamides is 1. The van der Waals surface area contributed by atoms with E-state index in [4.69, 9.17) is 0 Å². The molecule has 3 heterocycles. The molecule has 1 fully saturated rings. The van der Waals surface area contributed by atoms with Crippen molar-refractivity contribution in [2.75, 3.05) is 13.1 Å². The average molecular weight is 504 g/mol.